The number of phenolic OH excluding ortho intramolecular Hbond substituents is 1. The van der Waals surface area contributed by atoms with Gasteiger partial charge in [-0.2, -0.15) is 0 Å². The predicted octanol–water partition coefficient (Wildman–Crippen LogP) is 3.90. The number of aromatic hydroxyl groups is 1. The van der Waals surface area contributed by atoms with Crippen LogP contribution in [0.25, 0.3) is 11.1 Å². The molecule has 1 aromatic heterocycles. The van der Waals surface area contributed by atoms with Crippen LogP contribution in [-0.4, -0.2) is 16.7 Å². The molecule has 1 aliphatic rings. The molecule has 0 saturated heterocycles. The second-order valence-electron chi connectivity index (χ2n) is 4.81. The summed E-state index contributed by atoms with van der Waals surface area (Å²) in [6.07, 6.45) is 4.27. The van der Waals surface area contributed by atoms with Crippen LogP contribution in [0, 0.1) is 5.92 Å². The van der Waals surface area contributed by atoms with Gasteiger partial charge in [0.15, 0.2) is 0 Å². The number of hydrogen-bond acceptors (Lipinski definition) is 3. The molecular formula is C15H14ClNO2. The lowest BCUT2D eigenvalue weighted by Gasteiger charge is -2.06. The monoisotopic (exact) mass is 275 g/mol. The molecule has 1 saturated carbocycles. The second-order valence-corrected chi connectivity index (χ2v) is 5.21. The Morgan fingerprint density at radius 1 is 1.21 bits per heavy atom. The summed E-state index contributed by atoms with van der Waals surface area (Å²) in [4.78, 5) is 4.27. The van der Waals surface area contributed by atoms with E-state index in [-0.39, 0.29) is 5.75 Å². The molecule has 1 aliphatic carbocycles. The fourth-order valence-corrected chi connectivity index (χ4v) is 1.93. The van der Waals surface area contributed by atoms with Crippen molar-refractivity contribution in [3.05, 3.63) is 41.6 Å². The zero-order valence-electron chi connectivity index (χ0n) is 10.3. The van der Waals surface area contributed by atoms with Crippen molar-refractivity contribution in [2.45, 2.75) is 12.8 Å². The van der Waals surface area contributed by atoms with Crippen LogP contribution in [0.1, 0.15) is 12.8 Å². The zero-order chi connectivity index (χ0) is 13.2. The minimum absolute atomic E-state index is 0.0771. The molecule has 2 aromatic rings. The van der Waals surface area contributed by atoms with Crippen molar-refractivity contribution in [2.24, 2.45) is 5.92 Å². The van der Waals surface area contributed by atoms with E-state index in [0.717, 1.165) is 23.7 Å². The Bertz CT molecular complexity index is 579. The lowest BCUT2D eigenvalue weighted by molar-refractivity contribution is 0.288. The van der Waals surface area contributed by atoms with Gasteiger partial charge in [-0.1, -0.05) is 17.7 Å². The first-order valence-corrected chi connectivity index (χ1v) is 6.68. The quantitative estimate of drug-likeness (QED) is 0.920. The molecule has 19 heavy (non-hydrogen) atoms. The van der Waals surface area contributed by atoms with Gasteiger partial charge < -0.3 is 9.84 Å². The first-order chi connectivity index (χ1) is 9.22. The number of pyridine rings is 1. The number of nitrogens with zero attached hydrogens (tertiary/aromatic N) is 1. The van der Waals surface area contributed by atoms with Crippen molar-refractivity contribution < 1.29 is 9.84 Å². The average molecular weight is 276 g/mol. The fourth-order valence-electron chi connectivity index (χ4n) is 1.82. The van der Waals surface area contributed by atoms with E-state index in [2.05, 4.69) is 4.98 Å². The number of benzene rings is 1. The maximum absolute atomic E-state index is 9.59. The maximum atomic E-state index is 9.59. The van der Waals surface area contributed by atoms with Crippen LogP contribution in [0.4, 0.5) is 0 Å². The van der Waals surface area contributed by atoms with Gasteiger partial charge in [0.2, 0.25) is 5.88 Å². The summed E-state index contributed by atoms with van der Waals surface area (Å²) in [7, 11) is 0. The Kier molecular flexibility index (Phi) is 3.30. The van der Waals surface area contributed by atoms with E-state index < -0.39 is 0 Å². The smallest absolute Gasteiger partial charge is 0.213 e. The molecule has 0 atom stereocenters. The zero-order valence-corrected chi connectivity index (χ0v) is 11.1. The lowest BCUT2D eigenvalue weighted by atomic mass is 10.1. The highest BCUT2D eigenvalue weighted by Gasteiger charge is 2.22. The first kappa shape index (κ1) is 12.3. The summed E-state index contributed by atoms with van der Waals surface area (Å²) in [6, 6.07) is 8.93. The Balaban J connectivity index is 1.74. The summed E-state index contributed by atoms with van der Waals surface area (Å²) in [6.45, 7) is 0.758. The Morgan fingerprint density at radius 3 is 2.63 bits per heavy atom. The Labute approximate surface area is 116 Å². The SMILES string of the molecule is Oc1cc(-c2ccc(OCC3CC3)nc2)ccc1Cl. The number of halogens is 1. The molecule has 0 spiro atoms. The van der Waals surface area contributed by atoms with Crippen molar-refractivity contribution >= 4 is 11.6 Å². The summed E-state index contributed by atoms with van der Waals surface area (Å²) < 4.78 is 5.58. The van der Waals surface area contributed by atoms with Gasteiger partial charge in [-0.05, 0) is 42.5 Å². The van der Waals surface area contributed by atoms with E-state index in [0.29, 0.717) is 10.9 Å². The van der Waals surface area contributed by atoms with Gasteiger partial charge in [0.25, 0.3) is 0 Å². The molecule has 98 valence electrons. The second kappa shape index (κ2) is 5.10. The van der Waals surface area contributed by atoms with Crippen LogP contribution in [0.5, 0.6) is 11.6 Å². The molecule has 4 heteroatoms. The predicted molar refractivity (Wildman–Crippen MR) is 74.6 cm³/mol. The minimum Gasteiger partial charge on any atom is -0.506 e. The molecule has 1 heterocycles. The first-order valence-electron chi connectivity index (χ1n) is 6.30. The maximum Gasteiger partial charge on any atom is 0.213 e. The van der Waals surface area contributed by atoms with E-state index in [9.17, 15) is 5.11 Å². The number of hydrogen-bond donors (Lipinski definition) is 1. The fraction of sp³-hybridized carbons (Fsp3) is 0.267. The molecule has 1 fully saturated rings. The van der Waals surface area contributed by atoms with Gasteiger partial charge in [-0.15, -0.1) is 0 Å². The van der Waals surface area contributed by atoms with Crippen LogP contribution in [0.3, 0.4) is 0 Å². The molecule has 0 amide bonds. The average Bonchev–Trinajstić information content (AvgIpc) is 3.24. The van der Waals surface area contributed by atoms with Crippen LogP contribution >= 0.6 is 11.6 Å². The van der Waals surface area contributed by atoms with Crippen LogP contribution in [-0.2, 0) is 0 Å². The highest BCUT2D eigenvalue weighted by atomic mass is 35.5. The van der Waals surface area contributed by atoms with Crippen molar-refractivity contribution in [1.82, 2.24) is 4.98 Å². The van der Waals surface area contributed by atoms with Crippen LogP contribution < -0.4 is 4.74 Å². The van der Waals surface area contributed by atoms with Crippen molar-refractivity contribution in [3.63, 3.8) is 0 Å². The minimum atomic E-state index is 0.0771. The van der Waals surface area contributed by atoms with Crippen molar-refractivity contribution in [3.8, 4) is 22.8 Å². The largest absolute Gasteiger partial charge is 0.506 e. The number of rotatable bonds is 4. The third-order valence-electron chi connectivity index (χ3n) is 3.18. The van der Waals surface area contributed by atoms with E-state index in [1.54, 1.807) is 18.3 Å². The Hall–Kier alpha value is -1.74. The number of phenols is 1. The molecular weight excluding hydrogens is 262 g/mol. The third-order valence-corrected chi connectivity index (χ3v) is 3.50. The molecule has 0 bridgehead atoms. The number of ether oxygens (including phenoxy) is 1. The van der Waals surface area contributed by atoms with Gasteiger partial charge in [-0.25, -0.2) is 4.98 Å². The van der Waals surface area contributed by atoms with Gasteiger partial charge in [0.05, 0.1) is 11.6 Å². The molecule has 0 unspecified atom stereocenters. The molecule has 3 rings (SSSR count). The molecule has 3 nitrogen and oxygen atoms in total. The topological polar surface area (TPSA) is 42.4 Å². The molecule has 0 radical (unpaired) electrons. The van der Waals surface area contributed by atoms with Crippen LogP contribution in [0.2, 0.25) is 5.02 Å². The summed E-state index contributed by atoms with van der Waals surface area (Å²) in [5.41, 5.74) is 1.80. The normalized spacial score (nSPS) is 14.4. The van der Waals surface area contributed by atoms with Gasteiger partial charge in [0, 0.05) is 17.8 Å². The molecule has 1 N–H and O–H groups in total. The van der Waals surface area contributed by atoms with E-state index in [1.807, 2.05) is 18.2 Å². The standard InChI is InChI=1S/C15H14ClNO2/c16-13-5-3-11(7-14(13)18)12-4-6-15(17-8-12)19-9-10-1-2-10/h3-8,10,18H,1-2,9H2. The highest BCUT2D eigenvalue weighted by molar-refractivity contribution is 6.32. The van der Waals surface area contributed by atoms with Gasteiger partial charge >= 0.3 is 0 Å². The van der Waals surface area contributed by atoms with E-state index in [4.69, 9.17) is 16.3 Å². The van der Waals surface area contributed by atoms with E-state index >= 15 is 0 Å². The van der Waals surface area contributed by atoms with Crippen molar-refractivity contribution in [1.29, 1.82) is 0 Å². The van der Waals surface area contributed by atoms with E-state index in [1.165, 1.54) is 12.8 Å². The third kappa shape index (κ3) is 2.99. The highest BCUT2D eigenvalue weighted by Crippen LogP contribution is 2.31. The van der Waals surface area contributed by atoms with Crippen LogP contribution in [0.15, 0.2) is 36.5 Å². The summed E-state index contributed by atoms with van der Waals surface area (Å²) >= 11 is 5.78. The summed E-state index contributed by atoms with van der Waals surface area (Å²) in [5, 5.41) is 9.94. The van der Waals surface area contributed by atoms with Gasteiger partial charge in [-0.3, -0.25) is 0 Å². The number of aromatic nitrogens is 1. The molecule has 0 aliphatic heterocycles. The Morgan fingerprint density at radius 2 is 2.00 bits per heavy atom. The van der Waals surface area contributed by atoms with Crippen molar-refractivity contribution in [2.75, 3.05) is 6.61 Å². The lowest BCUT2D eigenvalue weighted by Crippen LogP contribution is -2.00. The molecule has 1 aromatic carbocycles. The summed E-state index contributed by atoms with van der Waals surface area (Å²) in [5.74, 6) is 1.44. The van der Waals surface area contributed by atoms with Gasteiger partial charge in [0.1, 0.15) is 5.75 Å².